The number of aromatic carboxylic acids is 1. The maximum Gasteiger partial charge on any atom is 0.354 e. The van der Waals surface area contributed by atoms with Crippen molar-refractivity contribution < 1.29 is 9.90 Å². The van der Waals surface area contributed by atoms with E-state index in [0.29, 0.717) is 0 Å². The zero-order valence-electron chi connectivity index (χ0n) is 8.34. The van der Waals surface area contributed by atoms with Gasteiger partial charge in [0.25, 0.3) is 0 Å². The molecule has 0 fully saturated rings. The first-order chi connectivity index (χ1) is 6.32. The second kappa shape index (κ2) is 3.69. The van der Waals surface area contributed by atoms with Crippen LogP contribution in [-0.2, 0) is 5.41 Å². The highest BCUT2D eigenvalue weighted by atomic mass is 79.9. The van der Waals surface area contributed by atoms with Gasteiger partial charge < -0.3 is 5.11 Å². The van der Waals surface area contributed by atoms with Crippen molar-refractivity contribution in [2.45, 2.75) is 26.2 Å². The fourth-order valence-electron chi connectivity index (χ4n) is 1.18. The van der Waals surface area contributed by atoms with E-state index in [4.69, 9.17) is 5.11 Å². The van der Waals surface area contributed by atoms with Crippen LogP contribution in [0.5, 0.6) is 0 Å². The summed E-state index contributed by atoms with van der Waals surface area (Å²) in [5.41, 5.74) is 0.643. The number of halogens is 1. The fourth-order valence-corrected chi connectivity index (χ4v) is 1.51. The minimum atomic E-state index is -0.984. The molecular weight excluding hydrogens is 246 g/mol. The Labute approximate surface area is 91.3 Å². The van der Waals surface area contributed by atoms with Crippen LogP contribution < -0.4 is 0 Å². The third kappa shape index (κ3) is 2.32. The lowest BCUT2D eigenvalue weighted by Crippen LogP contribution is -2.18. The van der Waals surface area contributed by atoms with Gasteiger partial charge in [0.1, 0.15) is 0 Å². The minimum absolute atomic E-state index is 0.126. The molecule has 1 rings (SSSR count). The van der Waals surface area contributed by atoms with E-state index >= 15 is 0 Å². The standard InChI is InChI=1S/C10H12BrNO2/c1-10(2,3)7-4-6(11)5-12-8(7)9(13)14/h4-5H,1-3H3,(H,13,14). The van der Waals surface area contributed by atoms with Gasteiger partial charge in [-0.3, -0.25) is 0 Å². The molecule has 0 aliphatic heterocycles. The highest BCUT2D eigenvalue weighted by Crippen LogP contribution is 2.27. The minimum Gasteiger partial charge on any atom is -0.477 e. The van der Waals surface area contributed by atoms with Crippen LogP contribution in [0, 0.1) is 0 Å². The summed E-state index contributed by atoms with van der Waals surface area (Å²) in [6.07, 6.45) is 1.50. The van der Waals surface area contributed by atoms with Gasteiger partial charge in [-0.2, -0.15) is 0 Å². The lowest BCUT2D eigenvalue weighted by atomic mass is 9.86. The van der Waals surface area contributed by atoms with Gasteiger partial charge in [0.05, 0.1) is 0 Å². The van der Waals surface area contributed by atoms with Gasteiger partial charge in [-0.25, -0.2) is 9.78 Å². The van der Waals surface area contributed by atoms with Crippen LogP contribution in [0.25, 0.3) is 0 Å². The smallest absolute Gasteiger partial charge is 0.354 e. The van der Waals surface area contributed by atoms with Crippen LogP contribution in [0.15, 0.2) is 16.7 Å². The molecule has 0 unspecified atom stereocenters. The molecule has 4 heteroatoms. The summed E-state index contributed by atoms with van der Waals surface area (Å²) in [5.74, 6) is -0.984. The Morgan fingerprint density at radius 2 is 2.07 bits per heavy atom. The van der Waals surface area contributed by atoms with Gasteiger partial charge in [0.2, 0.25) is 0 Å². The molecule has 0 saturated heterocycles. The second-order valence-electron chi connectivity index (χ2n) is 4.10. The predicted molar refractivity (Wildman–Crippen MR) is 57.6 cm³/mol. The van der Waals surface area contributed by atoms with Crippen molar-refractivity contribution in [2.24, 2.45) is 0 Å². The zero-order chi connectivity index (χ0) is 10.9. The summed E-state index contributed by atoms with van der Waals surface area (Å²) in [4.78, 5) is 14.8. The molecule has 0 radical (unpaired) electrons. The molecular formula is C10H12BrNO2. The van der Waals surface area contributed by atoms with Gasteiger partial charge in [0, 0.05) is 10.7 Å². The summed E-state index contributed by atoms with van der Waals surface area (Å²) in [5, 5.41) is 8.94. The molecule has 0 aromatic carbocycles. The van der Waals surface area contributed by atoms with Crippen LogP contribution in [0.1, 0.15) is 36.8 Å². The van der Waals surface area contributed by atoms with Gasteiger partial charge in [-0.1, -0.05) is 20.8 Å². The Balaban J connectivity index is 3.38. The molecule has 0 spiro atoms. The van der Waals surface area contributed by atoms with Crippen molar-refractivity contribution in [3.8, 4) is 0 Å². The molecule has 76 valence electrons. The van der Waals surface area contributed by atoms with E-state index in [9.17, 15) is 4.79 Å². The molecule has 0 aliphatic rings. The first-order valence-electron chi connectivity index (χ1n) is 4.21. The van der Waals surface area contributed by atoms with E-state index in [2.05, 4.69) is 20.9 Å². The Bertz CT molecular complexity index is 369. The Morgan fingerprint density at radius 3 is 2.50 bits per heavy atom. The van der Waals surface area contributed by atoms with Gasteiger partial charge >= 0.3 is 5.97 Å². The normalized spacial score (nSPS) is 11.4. The van der Waals surface area contributed by atoms with E-state index in [1.165, 1.54) is 6.20 Å². The number of carboxylic acid groups (broad SMARTS) is 1. The maximum absolute atomic E-state index is 10.9. The molecule has 1 N–H and O–H groups in total. The number of pyridine rings is 1. The third-order valence-electron chi connectivity index (χ3n) is 1.86. The van der Waals surface area contributed by atoms with E-state index < -0.39 is 5.97 Å². The van der Waals surface area contributed by atoms with Crippen molar-refractivity contribution >= 4 is 21.9 Å². The van der Waals surface area contributed by atoms with E-state index in [1.54, 1.807) is 6.07 Å². The van der Waals surface area contributed by atoms with Crippen LogP contribution in [0.2, 0.25) is 0 Å². The van der Waals surface area contributed by atoms with Crippen molar-refractivity contribution in [3.63, 3.8) is 0 Å². The summed E-state index contributed by atoms with van der Waals surface area (Å²) < 4.78 is 0.799. The largest absolute Gasteiger partial charge is 0.477 e. The van der Waals surface area contributed by atoms with Crippen molar-refractivity contribution in [1.29, 1.82) is 0 Å². The molecule has 0 saturated carbocycles. The van der Waals surface area contributed by atoms with Gasteiger partial charge in [-0.15, -0.1) is 0 Å². The number of carbonyl (C=O) groups is 1. The van der Waals surface area contributed by atoms with E-state index in [1.807, 2.05) is 20.8 Å². The number of carboxylic acids is 1. The van der Waals surface area contributed by atoms with Crippen LogP contribution in [0.4, 0.5) is 0 Å². The molecule has 0 atom stereocenters. The zero-order valence-corrected chi connectivity index (χ0v) is 9.92. The topological polar surface area (TPSA) is 50.2 Å². The lowest BCUT2D eigenvalue weighted by Gasteiger charge is -2.20. The molecule has 0 aliphatic carbocycles. The highest BCUT2D eigenvalue weighted by molar-refractivity contribution is 9.10. The summed E-state index contributed by atoms with van der Waals surface area (Å²) in [7, 11) is 0. The molecule has 1 aromatic rings. The van der Waals surface area contributed by atoms with Crippen molar-refractivity contribution in [2.75, 3.05) is 0 Å². The molecule has 0 amide bonds. The Morgan fingerprint density at radius 1 is 1.50 bits per heavy atom. The quantitative estimate of drug-likeness (QED) is 0.842. The van der Waals surface area contributed by atoms with E-state index in [-0.39, 0.29) is 11.1 Å². The fraction of sp³-hybridized carbons (Fsp3) is 0.400. The SMILES string of the molecule is CC(C)(C)c1cc(Br)cnc1C(=O)O. The average Bonchev–Trinajstić information content (AvgIpc) is 2.01. The van der Waals surface area contributed by atoms with Crippen molar-refractivity contribution in [3.05, 3.63) is 28.0 Å². The predicted octanol–water partition coefficient (Wildman–Crippen LogP) is 2.84. The van der Waals surface area contributed by atoms with Crippen LogP contribution >= 0.6 is 15.9 Å². The number of aromatic nitrogens is 1. The Hall–Kier alpha value is -0.900. The highest BCUT2D eigenvalue weighted by Gasteiger charge is 2.22. The summed E-state index contributed by atoms with van der Waals surface area (Å²) >= 11 is 3.28. The van der Waals surface area contributed by atoms with Crippen LogP contribution in [-0.4, -0.2) is 16.1 Å². The molecule has 14 heavy (non-hydrogen) atoms. The maximum atomic E-state index is 10.9. The number of rotatable bonds is 1. The molecule has 1 aromatic heterocycles. The first-order valence-corrected chi connectivity index (χ1v) is 5.01. The molecule has 0 bridgehead atoms. The molecule has 1 heterocycles. The third-order valence-corrected chi connectivity index (χ3v) is 2.30. The molecule has 3 nitrogen and oxygen atoms in total. The number of hydrogen-bond acceptors (Lipinski definition) is 2. The van der Waals surface area contributed by atoms with Gasteiger partial charge in [0.15, 0.2) is 5.69 Å². The summed E-state index contributed by atoms with van der Waals surface area (Å²) in [6.45, 7) is 5.88. The van der Waals surface area contributed by atoms with Crippen molar-refractivity contribution in [1.82, 2.24) is 4.98 Å². The monoisotopic (exact) mass is 257 g/mol. The number of hydrogen-bond donors (Lipinski definition) is 1. The second-order valence-corrected chi connectivity index (χ2v) is 5.02. The van der Waals surface area contributed by atoms with Crippen LogP contribution in [0.3, 0.4) is 0 Å². The lowest BCUT2D eigenvalue weighted by molar-refractivity contribution is 0.0687. The summed E-state index contributed by atoms with van der Waals surface area (Å²) in [6, 6.07) is 1.80. The average molecular weight is 258 g/mol. The first kappa shape index (κ1) is 11.2. The Kier molecular flexibility index (Phi) is 2.95. The number of nitrogens with zero attached hydrogens (tertiary/aromatic N) is 1. The van der Waals surface area contributed by atoms with E-state index in [0.717, 1.165) is 10.0 Å². The van der Waals surface area contributed by atoms with Gasteiger partial charge in [-0.05, 0) is 33.0 Å².